The van der Waals surface area contributed by atoms with Gasteiger partial charge < -0.3 is 14.8 Å². The molecule has 1 fully saturated rings. The first kappa shape index (κ1) is 25.1. The summed E-state index contributed by atoms with van der Waals surface area (Å²) in [5, 5.41) is 2.93. The van der Waals surface area contributed by atoms with Crippen molar-refractivity contribution in [3.63, 3.8) is 0 Å². The SMILES string of the molecule is CCN(CC)S(=O)(=O)c1ccc(OC)c(C(=O)NCC2(c3cccc(F)c3)CCOCC2)c1. The Hall–Kier alpha value is -2.49. The van der Waals surface area contributed by atoms with E-state index in [1.54, 1.807) is 19.9 Å². The Bertz CT molecular complexity index is 1080. The molecule has 2 aromatic carbocycles. The fraction of sp³-hybridized carbons (Fsp3) is 0.458. The van der Waals surface area contributed by atoms with Crippen molar-refractivity contribution in [3.05, 3.63) is 59.4 Å². The molecule has 1 N–H and O–H groups in total. The van der Waals surface area contributed by atoms with Crippen LogP contribution in [0.2, 0.25) is 0 Å². The van der Waals surface area contributed by atoms with Crippen molar-refractivity contribution in [1.82, 2.24) is 9.62 Å². The van der Waals surface area contributed by atoms with E-state index in [9.17, 15) is 17.6 Å². The number of carbonyl (C=O) groups is 1. The lowest BCUT2D eigenvalue weighted by Gasteiger charge is -2.38. The molecule has 0 saturated carbocycles. The van der Waals surface area contributed by atoms with Crippen molar-refractivity contribution in [2.24, 2.45) is 0 Å². The van der Waals surface area contributed by atoms with Gasteiger partial charge in [0.25, 0.3) is 5.91 Å². The Kier molecular flexibility index (Phi) is 8.10. The second-order valence-corrected chi connectivity index (χ2v) is 9.98. The third kappa shape index (κ3) is 5.37. The van der Waals surface area contributed by atoms with E-state index in [1.165, 1.54) is 41.7 Å². The molecule has 0 radical (unpaired) electrons. The molecule has 0 aromatic heterocycles. The molecule has 0 bridgehead atoms. The van der Waals surface area contributed by atoms with E-state index in [0.29, 0.717) is 39.1 Å². The first-order chi connectivity index (χ1) is 15.8. The molecule has 1 heterocycles. The van der Waals surface area contributed by atoms with Crippen molar-refractivity contribution in [1.29, 1.82) is 0 Å². The van der Waals surface area contributed by atoms with E-state index in [1.807, 2.05) is 6.07 Å². The highest BCUT2D eigenvalue weighted by Gasteiger charge is 2.35. The van der Waals surface area contributed by atoms with Crippen molar-refractivity contribution < 1.29 is 27.1 Å². The first-order valence-electron chi connectivity index (χ1n) is 11.1. The lowest BCUT2D eigenvalue weighted by atomic mass is 9.74. The van der Waals surface area contributed by atoms with Gasteiger partial charge in [-0.3, -0.25) is 4.79 Å². The molecule has 33 heavy (non-hydrogen) atoms. The molecule has 1 aliphatic rings. The Morgan fingerprint density at radius 1 is 1.15 bits per heavy atom. The van der Waals surface area contributed by atoms with Crippen molar-refractivity contribution in [3.8, 4) is 5.75 Å². The Morgan fingerprint density at radius 2 is 1.85 bits per heavy atom. The van der Waals surface area contributed by atoms with Gasteiger partial charge in [-0.15, -0.1) is 0 Å². The van der Waals surface area contributed by atoms with E-state index in [2.05, 4.69) is 5.32 Å². The summed E-state index contributed by atoms with van der Waals surface area (Å²) in [5.74, 6) is -0.510. The van der Waals surface area contributed by atoms with Crippen molar-refractivity contribution >= 4 is 15.9 Å². The number of hydrogen-bond donors (Lipinski definition) is 1. The minimum Gasteiger partial charge on any atom is -0.496 e. The highest BCUT2D eigenvalue weighted by atomic mass is 32.2. The number of nitrogens with zero attached hydrogens (tertiary/aromatic N) is 1. The highest BCUT2D eigenvalue weighted by molar-refractivity contribution is 7.89. The number of halogens is 1. The van der Waals surface area contributed by atoms with Crippen molar-refractivity contribution in [2.45, 2.75) is 37.0 Å². The molecule has 2 aromatic rings. The zero-order valence-corrected chi connectivity index (χ0v) is 20.1. The van der Waals surface area contributed by atoms with E-state index in [4.69, 9.17) is 9.47 Å². The summed E-state index contributed by atoms with van der Waals surface area (Å²) in [7, 11) is -2.31. The van der Waals surface area contributed by atoms with Crippen LogP contribution in [0, 0.1) is 5.82 Å². The van der Waals surface area contributed by atoms with Crippen LogP contribution in [0.25, 0.3) is 0 Å². The summed E-state index contributed by atoms with van der Waals surface area (Å²) in [6.07, 6.45) is 1.26. The standard InChI is InChI=1S/C24H31FN2O5S/c1-4-27(5-2)33(29,30)20-9-10-22(31-3)21(16-20)23(28)26-17-24(11-13-32-14-12-24)18-7-6-8-19(25)15-18/h6-10,15-16H,4-5,11-14,17H2,1-3H3,(H,26,28). The fourth-order valence-corrected chi connectivity index (χ4v) is 5.72. The van der Waals surface area contributed by atoms with E-state index in [0.717, 1.165) is 5.56 Å². The Labute approximate surface area is 194 Å². The molecule has 3 rings (SSSR count). The van der Waals surface area contributed by atoms with Gasteiger partial charge in [-0.25, -0.2) is 12.8 Å². The maximum atomic E-state index is 13.9. The molecule has 0 atom stereocenters. The number of ether oxygens (including phenoxy) is 2. The molecule has 1 saturated heterocycles. The number of sulfonamides is 1. The van der Waals surface area contributed by atoms with Gasteiger partial charge in [-0.05, 0) is 48.7 Å². The number of methoxy groups -OCH3 is 1. The summed E-state index contributed by atoms with van der Waals surface area (Å²) in [6.45, 7) is 5.44. The van der Waals surface area contributed by atoms with E-state index in [-0.39, 0.29) is 28.6 Å². The fourth-order valence-electron chi connectivity index (χ4n) is 4.23. The van der Waals surface area contributed by atoms with E-state index < -0.39 is 21.3 Å². The first-order valence-corrected chi connectivity index (χ1v) is 12.5. The third-order valence-corrected chi connectivity index (χ3v) is 8.28. The Balaban J connectivity index is 1.90. The molecule has 1 aliphatic heterocycles. The highest BCUT2D eigenvalue weighted by Crippen LogP contribution is 2.35. The topological polar surface area (TPSA) is 84.9 Å². The van der Waals surface area contributed by atoms with Crippen LogP contribution in [-0.2, 0) is 20.2 Å². The van der Waals surface area contributed by atoms with E-state index >= 15 is 0 Å². The molecule has 0 unspecified atom stereocenters. The van der Waals surface area contributed by atoms with Crippen LogP contribution in [0.1, 0.15) is 42.6 Å². The quantitative estimate of drug-likeness (QED) is 0.598. The van der Waals surface area contributed by atoms with Crippen LogP contribution in [0.3, 0.4) is 0 Å². The zero-order valence-electron chi connectivity index (χ0n) is 19.3. The van der Waals surface area contributed by atoms with Gasteiger partial charge >= 0.3 is 0 Å². The summed E-state index contributed by atoms with van der Waals surface area (Å²) in [4.78, 5) is 13.2. The van der Waals surface area contributed by atoms with Crippen LogP contribution < -0.4 is 10.1 Å². The van der Waals surface area contributed by atoms with Gasteiger partial charge in [0.05, 0.1) is 17.6 Å². The zero-order chi connectivity index (χ0) is 24.1. The normalized spacial score (nSPS) is 15.9. The van der Waals surface area contributed by atoms with Crippen LogP contribution in [-0.4, -0.2) is 58.6 Å². The van der Waals surface area contributed by atoms with Gasteiger partial charge in [-0.1, -0.05) is 26.0 Å². The number of carbonyl (C=O) groups excluding carboxylic acids is 1. The summed E-state index contributed by atoms with van der Waals surface area (Å²) < 4.78 is 52.0. The predicted molar refractivity (Wildman–Crippen MR) is 124 cm³/mol. The molecular weight excluding hydrogens is 447 g/mol. The summed E-state index contributed by atoms with van der Waals surface area (Å²) in [5.41, 5.74) is 0.455. The van der Waals surface area contributed by atoms with Gasteiger partial charge in [0, 0.05) is 38.3 Å². The second kappa shape index (κ2) is 10.6. The van der Waals surface area contributed by atoms with Crippen molar-refractivity contribution in [2.75, 3.05) is 40.0 Å². The smallest absolute Gasteiger partial charge is 0.255 e. The van der Waals surface area contributed by atoms with Crippen LogP contribution >= 0.6 is 0 Å². The summed E-state index contributed by atoms with van der Waals surface area (Å²) >= 11 is 0. The van der Waals surface area contributed by atoms with Gasteiger partial charge in [0.1, 0.15) is 11.6 Å². The van der Waals surface area contributed by atoms with Crippen LogP contribution in [0.4, 0.5) is 4.39 Å². The molecular formula is C24H31FN2O5S. The minimum absolute atomic E-state index is 0.0306. The number of nitrogens with one attached hydrogen (secondary N) is 1. The number of benzene rings is 2. The molecule has 7 nitrogen and oxygen atoms in total. The number of amides is 1. The third-order valence-electron chi connectivity index (χ3n) is 6.23. The van der Waals surface area contributed by atoms with Gasteiger partial charge in [0.2, 0.25) is 10.0 Å². The Morgan fingerprint density at radius 3 is 2.45 bits per heavy atom. The molecule has 9 heteroatoms. The largest absolute Gasteiger partial charge is 0.496 e. The molecule has 180 valence electrons. The predicted octanol–water partition coefficient (Wildman–Crippen LogP) is 3.34. The lowest BCUT2D eigenvalue weighted by Crippen LogP contribution is -2.44. The second-order valence-electron chi connectivity index (χ2n) is 8.04. The average molecular weight is 479 g/mol. The molecule has 0 aliphatic carbocycles. The molecule has 1 amide bonds. The lowest BCUT2D eigenvalue weighted by molar-refractivity contribution is 0.0486. The molecule has 0 spiro atoms. The van der Waals surface area contributed by atoms with Crippen LogP contribution in [0.15, 0.2) is 47.4 Å². The number of hydrogen-bond acceptors (Lipinski definition) is 5. The number of rotatable bonds is 9. The maximum Gasteiger partial charge on any atom is 0.255 e. The monoisotopic (exact) mass is 478 g/mol. The van der Waals surface area contributed by atoms with Gasteiger partial charge in [0.15, 0.2) is 0 Å². The maximum absolute atomic E-state index is 13.9. The van der Waals surface area contributed by atoms with Gasteiger partial charge in [-0.2, -0.15) is 4.31 Å². The average Bonchev–Trinajstić information content (AvgIpc) is 2.83. The minimum atomic E-state index is -3.74. The van der Waals surface area contributed by atoms with Crippen LogP contribution in [0.5, 0.6) is 5.75 Å². The summed E-state index contributed by atoms with van der Waals surface area (Å²) in [6, 6.07) is 10.7.